The monoisotopic (exact) mass is 222 g/mol. The standard InChI is InChI=1S/C9H13NO.C3H5NO/c10-6-11-5-9-4-7-1-2-8(9)3-7;1-2-5-3-4/h7-9H,1-5H2;2H2,1H3. The van der Waals surface area contributed by atoms with Crippen molar-refractivity contribution in [2.45, 2.75) is 32.6 Å². The van der Waals surface area contributed by atoms with Crippen molar-refractivity contribution in [2.75, 3.05) is 13.2 Å². The SMILES string of the molecule is CCOC#N.N#COCC1CC2CCC1C2. The molecule has 88 valence electrons. The minimum Gasteiger partial charge on any atom is -0.428 e. The first-order valence-electron chi connectivity index (χ1n) is 5.83. The van der Waals surface area contributed by atoms with Crippen LogP contribution < -0.4 is 0 Å². The van der Waals surface area contributed by atoms with Crippen molar-refractivity contribution in [3.63, 3.8) is 0 Å². The highest BCUT2D eigenvalue weighted by atomic mass is 16.5. The lowest BCUT2D eigenvalue weighted by atomic mass is 9.90. The summed E-state index contributed by atoms with van der Waals surface area (Å²) in [6.45, 7) is 2.93. The van der Waals surface area contributed by atoms with Gasteiger partial charge in [0.15, 0.2) is 0 Å². The van der Waals surface area contributed by atoms with E-state index in [1.807, 2.05) is 0 Å². The van der Waals surface area contributed by atoms with Gasteiger partial charge in [0.2, 0.25) is 0 Å². The Morgan fingerprint density at radius 3 is 2.25 bits per heavy atom. The molecule has 0 aromatic heterocycles. The highest BCUT2D eigenvalue weighted by Gasteiger charge is 2.39. The fourth-order valence-corrected chi connectivity index (χ4v) is 2.79. The molecule has 0 N–H and O–H groups in total. The molecular weight excluding hydrogens is 204 g/mol. The lowest BCUT2D eigenvalue weighted by molar-refractivity contribution is 0.167. The Morgan fingerprint density at radius 2 is 1.88 bits per heavy atom. The largest absolute Gasteiger partial charge is 0.428 e. The fraction of sp³-hybridized carbons (Fsp3) is 0.833. The first-order chi connectivity index (χ1) is 7.81. The zero-order valence-electron chi connectivity index (χ0n) is 9.69. The molecule has 2 saturated carbocycles. The molecule has 0 amide bonds. The lowest BCUT2D eigenvalue weighted by Crippen LogP contribution is -2.15. The maximum atomic E-state index is 8.22. The quantitative estimate of drug-likeness (QED) is 0.688. The van der Waals surface area contributed by atoms with Gasteiger partial charge in [-0.3, -0.25) is 0 Å². The number of fused-ring (bicyclic) bond motifs is 2. The number of rotatable bonds is 3. The molecule has 3 atom stereocenters. The van der Waals surface area contributed by atoms with Gasteiger partial charge in [-0.1, -0.05) is 6.42 Å². The third-order valence-electron chi connectivity index (χ3n) is 3.46. The minimum atomic E-state index is 0.483. The van der Waals surface area contributed by atoms with Crippen molar-refractivity contribution in [3.05, 3.63) is 0 Å². The number of hydrogen-bond donors (Lipinski definition) is 0. The maximum Gasteiger partial charge on any atom is 0.286 e. The van der Waals surface area contributed by atoms with Gasteiger partial charge < -0.3 is 9.47 Å². The Hall–Kier alpha value is -1.42. The molecule has 2 fully saturated rings. The van der Waals surface area contributed by atoms with Gasteiger partial charge in [-0.25, -0.2) is 0 Å². The van der Waals surface area contributed by atoms with E-state index in [0.29, 0.717) is 19.1 Å². The van der Waals surface area contributed by atoms with Crippen LogP contribution in [0.5, 0.6) is 0 Å². The first kappa shape index (κ1) is 12.6. The summed E-state index contributed by atoms with van der Waals surface area (Å²) in [6, 6.07) is 0. The zero-order chi connectivity index (χ0) is 11.8. The summed E-state index contributed by atoms with van der Waals surface area (Å²) in [6.07, 6.45) is 8.79. The predicted molar refractivity (Wildman–Crippen MR) is 57.7 cm³/mol. The average Bonchev–Trinajstić information content (AvgIpc) is 2.90. The summed E-state index contributed by atoms with van der Waals surface area (Å²) >= 11 is 0. The zero-order valence-corrected chi connectivity index (χ0v) is 9.69. The molecule has 0 aromatic rings. The van der Waals surface area contributed by atoms with E-state index < -0.39 is 0 Å². The van der Waals surface area contributed by atoms with Crippen LogP contribution in [0.1, 0.15) is 32.6 Å². The normalized spacial score (nSPS) is 29.6. The molecule has 4 heteroatoms. The van der Waals surface area contributed by atoms with Gasteiger partial charge in [-0.15, -0.1) is 0 Å². The fourth-order valence-electron chi connectivity index (χ4n) is 2.79. The molecule has 0 radical (unpaired) electrons. The summed E-state index contributed by atoms with van der Waals surface area (Å²) in [5.41, 5.74) is 0. The van der Waals surface area contributed by atoms with Crippen molar-refractivity contribution < 1.29 is 9.47 Å². The number of nitrogens with zero attached hydrogens (tertiary/aromatic N) is 2. The molecule has 2 rings (SSSR count). The van der Waals surface area contributed by atoms with Crippen LogP contribution in [0.15, 0.2) is 0 Å². The summed E-state index contributed by atoms with van der Waals surface area (Å²) in [4.78, 5) is 0. The van der Waals surface area contributed by atoms with E-state index in [-0.39, 0.29) is 0 Å². The van der Waals surface area contributed by atoms with Crippen molar-refractivity contribution in [1.82, 2.24) is 0 Å². The Bertz CT molecular complexity index is 280. The van der Waals surface area contributed by atoms with Crippen LogP contribution in [0.25, 0.3) is 0 Å². The molecule has 2 aliphatic carbocycles. The topological polar surface area (TPSA) is 66.0 Å². The van der Waals surface area contributed by atoms with E-state index >= 15 is 0 Å². The second kappa shape index (κ2) is 6.95. The molecule has 2 bridgehead atoms. The van der Waals surface area contributed by atoms with Gasteiger partial charge >= 0.3 is 0 Å². The molecule has 0 aromatic carbocycles. The van der Waals surface area contributed by atoms with E-state index in [4.69, 9.17) is 15.3 Å². The Morgan fingerprint density at radius 1 is 1.12 bits per heavy atom. The van der Waals surface area contributed by atoms with Gasteiger partial charge in [0.1, 0.15) is 6.61 Å². The molecule has 0 heterocycles. The van der Waals surface area contributed by atoms with Crippen LogP contribution in [-0.2, 0) is 9.47 Å². The molecule has 3 unspecified atom stereocenters. The van der Waals surface area contributed by atoms with E-state index in [1.54, 1.807) is 13.2 Å². The lowest BCUT2D eigenvalue weighted by Gasteiger charge is -2.19. The van der Waals surface area contributed by atoms with Crippen LogP contribution in [0.3, 0.4) is 0 Å². The predicted octanol–water partition coefficient (Wildman–Crippen LogP) is 2.42. The van der Waals surface area contributed by atoms with Gasteiger partial charge in [0, 0.05) is 0 Å². The Balaban J connectivity index is 0.000000221. The van der Waals surface area contributed by atoms with Crippen LogP contribution in [0, 0.1) is 40.8 Å². The number of hydrogen-bond acceptors (Lipinski definition) is 4. The van der Waals surface area contributed by atoms with Gasteiger partial charge in [0.05, 0.1) is 6.61 Å². The van der Waals surface area contributed by atoms with E-state index in [9.17, 15) is 0 Å². The second-order valence-electron chi connectivity index (χ2n) is 4.36. The minimum absolute atomic E-state index is 0.483. The molecule has 0 aliphatic heterocycles. The summed E-state index contributed by atoms with van der Waals surface area (Å²) in [5.74, 6) is 2.55. The summed E-state index contributed by atoms with van der Waals surface area (Å²) < 4.78 is 8.91. The van der Waals surface area contributed by atoms with Crippen LogP contribution in [0.4, 0.5) is 0 Å². The molecular formula is C12H18N2O2. The molecule has 0 spiro atoms. The highest BCUT2D eigenvalue weighted by Crippen LogP contribution is 2.48. The second-order valence-corrected chi connectivity index (χ2v) is 4.36. The van der Waals surface area contributed by atoms with E-state index in [2.05, 4.69) is 4.74 Å². The van der Waals surface area contributed by atoms with Crippen molar-refractivity contribution in [2.24, 2.45) is 17.8 Å². The third kappa shape index (κ3) is 3.62. The highest BCUT2D eigenvalue weighted by molar-refractivity contribution is 4.89. The van der Waals surface area contributed by atoms with Gasteiger partial charge in [-0.05, 0) is 43.9 Å². The van der Waals surface area contributed by atoms with E-state index in [1.165, 1.54) is 31.9 Å². The third-order valence-corrected chi connectivity index (χ3v) is 3.46. The Labute approximate surface area is 96.8 Å². The molecule has 0 saturated heterocycles. The van der Waals surface area contributed by atoms with Crippen LogP contribution in [-0.4, -0.2) is 13.2 Å². The smallest absolute Gasteiger partial charge is 0.286 e. The van der Waals surface area contributed by atoms with Crippen molar-refractivity contribution >= 4 is 0 Å². The molecule has 16 heavy (non-hydrogen) atoms. The van der Waals surface area contributed by atoms with E-state index in [0.717, 1.165) is 11.8 Å². The molecule has 4 nitrogen and oxygen atoms in total. The average molecular weight is 222 g/mol. The number of nitriles is 2. The number of ether oxygens (including phenoxy) is 2. The molecule has 2 aliphatic rings. The van der Waals surface area contributed by atoms with Crippen molar-refractivity contribution in [1.29, 1.82) is 10.5 Å². The summed E-state index contributed by atoms with van der Waals surface area (Å²) in [5, 5.41) is 15.8. The van der Waals surface area contributed by atoms with Crippen LogP contribution in [0.2, 0.25) is 0 Å². The summed E-state index contributed by atoms with van der Waals surface area (Å²) in [7, 11) is 0. The first-order valence-corrected chi connectivity index (χ1v) is 5.83. The Kier molecular flexibility index (Phi) is 5.50. The van der Waals surface area contributed by atoms with Gasteiger partial charge in [0.25, 0.3) is 12.5 Å². The van der Waals surface area contributed by atoms with Crippen LogP contribution >= 0.6 is 0 Å². The van der Waals surface area contributed by atoms with Gasteiger partial charge in [-0.2, -0.15) is 10.5 Å². The maximum absolute atomic E-state index is 8.22. The van der Waals surface area contributed by atoms with Crippen molar-refractivity contribution in [3.8, 4) is 12.5 Å².